The zero-order valence-corrected chi connectivity index (χ0v) is 13.8. The van der Waals surface area contributed by atoms with Crippen molar-refractivity contribution >= 4 is 11.4 Å². The third-order valence-electron chi connectivity index (χ3n) is 3.62. The molecule has 0 radical (unpaired) electrons. The molecule has 21 heavy (non-hydrogen) atoms. The Hall–Kier alpha value is -1.45. The van der Waals surface area contributed by atoms with Gasteiger partial charge in [0.1, 0.15) is 0 Å². The summed E-state index contributed by atoms with van der Waals surface area (Å²) in [5, 5.41) is 3.33. The molecule has 0 saturated carbocycles. The van der Waals surface area contributed by atoms with Gasteiger partial charge < -0.3 is 15.8 Å². The molecule has 0 saturated heterocycles. The Labute approximate surface area is 128 Å². The summed E-state index contributed by atoms with van der Waals surface area (Å²) in [6.07, 6.45) is 4.88. The fourth-order valence-corrected chi connectivity index (χ4v) is 2.26. The van der Waals surface area contributed by atoms with E-state index in [1.54, 1.807) is 6.07 Å². The molecule has 3 N–H and O–H groups in total. The van der Waals surface area contributed by atoms with E-state index in [0.717, 1.165) is 18.7 Å². The van der Waals surface area contributed by atoms with Crippen LogP contribution in [0, 0.1) is 11.2 Å². The summed E-state index contributed by atoms with van der Waals surface area (Å²) < 4.78 is 18.9. The average Bonchev–Trinajstić information content (AvgIpc) is 2.41. The molecule has 0 aliphatic carbocycles. The summed E-state index contributed by atoms with van der Waals surface area (Å²) >= 11 is 0. The Kier molecular flexibility index (Phi) is 6.79. The molecule has 1 rings (SSSR count). The van der Waals surface area contributed by atoms with E-state index < -0.39 is 5.82 Å². The third-order valence-corrected chi connectivity index (χ3v) is 3.62. The van der Waals surface area contributed by atoms with Crippen molar-refractivity contribution in [3.63, 3.8) is 0 Å². The van der Waals surface area contributed by atoms with Gasteiger partial charge in [-0.25, -0.2) is 4.39 Å². The molecule has 0 atom stereocenters. The molecule has 0 aliphatic heterocycles. The van der Waals surface area contributed by atoms with Gasteiger partial charge in [0.15, 0.2) is 11.6 Å². The highest BCUT2D eigenvalue weighted by Crippen LogP contribution is 2.30. The highest BCUT2D eigenvalue weighted by atomic mass is 19.1. The molecule has 0 aromatic heterocycles. The first-order valence-electron chi connectivity index (χ1n) is 7.85. The number of hydrogen-bond donors (Lipinski definition) is 2. The predicted molar refractivity (Wildman–Crippen MR) is 88.4 cm³/mol. The normalized spacial score (nSPS) is 11.5. The largest absolute Gasteiger partial charge is 0.491 e. The quantitative estimate of drug-likeness (QED) is 0.507. The summed E-state index contributed by atoms with van der Waals surface area (Å²) in [7, 11) is 0. The van der Waals surface area contributed by atoms with Crippen LogP contribution in [0.25, 0.3) is 0 Å². The number of anilines is 2. The van der Waals surface area contributed by atoms with E-state index in [1.165, 1.54) is 25.3 Å². The van der Waals surface area contributed by atoms with E-state index >= 15 is 0 Å². The van der Waals surface area contributed by atoms with Gasteiger partial charge in [-0.15, -0.1) is 0 Å². The summed E-state index contributed by atoms with van der Waals surface area (Å²) in [5.41, 5.74) is 7.22. The molecule has 0 amide bonds. The van der Waals surface area contributed by atoms with Crippen LogP contribution in [-0.4, -0.2) is 13.2 Å². The number of halogens is 1. The van der Waals surface area contributed by atoms with Crippen LogP contribution < -0.4 is 15.8 Å². The lowest BCUT2D eigenvalue weighted by atomic mass is 9.87. The van der Waals surface area contributed by atoms with Gasteiger partial charge in [-0.05, 0) is 18.8 Å². The average molecular weight is 296 g/mol. The Morgan fingerprint density at radius 3 is 2.57 bits per heavy atom. The van der Waals surface area contributed by atoms with Crippen LogP contribution in [0.2, 0.25) is 0 Å². The van der Waals surface area contributed by atoms with E-state index in [-0.39, 0.29) is 11.2 Å². The standard InChI is InChI=1S/C17H29FN2O/c1-5-7-8-9-17(3,4)12-20-15-11-16(21-6-2)13(18)10-14(15)19/h10-11,20H,5-9,12,19H2,1-4H3. The van der Waals surface area contributed by atoms with Crippen LogP contribution in [0.15, 0.2) is 12.1 Å². The van der Waals surface area contributed by atoms with Crippen molar-refractivity contribution in [3.8, 4) is 5.75 Å². The summed E-state index contributed by atoms with van der Waals surface area (Å²) in [6.45, 7) is 9.75. The lowest BCUT2D eigenvalue weighted by Crippen LogP contribution is -2.23. The minimum Gasteiger partial charge on any atom is -0.491 e. The minimum atomic E-state index is -0.415. The molecule has 0 heterocycles. The highest BCUT2D eigenvalue weighted by molar-refractivity contribution is 5.68. The molecule has 0 fully saturated rings. The van der Waals surface area contributed by atoms with Gasteiger partial charge in [-0.3, -0.25) is 0 Å². The molecular weight excluding hydrogens is 267 g/mol. The number of rotatable bonds is 9. The zero-order valence-electron chi connectivity index (χ0n) is 13.8. The SMILES string of the molecule is CCCCCC(C)(C)CNc1cc(OCC)c(F)cc1N. The maximum atomic E-state index is 13.7. The monoisotopic (exact) mass is 296 g/mol. The molecule has 120 valence electrons. The lowest BCUT2D eigenvalue weighted by Gasteiger charge is -2.26. The van der Waals surface area contributed by atoms with Gasteiger partial charge in [-0.2, -0.15) is 0 Å². The first kappa shape index (κ1) is 17.6. The Morgan fingerprint density at radius 1 is 1.24 bits per heavy atom. The van der Waals surface area contributed by atoms with Gasteiger partial charge in [0.2, 0.25) is 0 Å². The maximum Gasteiger partial charge on any atom is 0.167 e. The number of benzene rings is 1. The number of nitrogens with one attached hydrogen (secondary N) is 1. The zero-order chi connectivity index (χ0) is 15.9. The second-order valence-electron chi connectivity index (χ2n) is 6.28. The van der Waals surface area contributed by atoms with E-state index in [9.17, 15) is 4.39 Å². The van der Waals surface area contributed by atoms with Crippen LogP contribution in [0.3, 0.4) is 0 Å². The topological polar surface area (TPSA) is 47.3 Å². The van der Waals surface area contributed by atoms with Crippen molar-refractivity contribution in [1.29, 1.82) is 0 Å². The van der Waals surface area contributed by atoms with Crippen LogP contribution in [0.1, 0.15) is 53.4 Å². The van der Waals surface area contributed by atoms with Gasteiger partial charge in [0.05, 0.1) is 18.0 Å². The lowest BCUT2D eigenvalue weighted by molar-refractivity contribution is 0.321. The molecule has 0 aliphatic rings. The van der Waals surface area contributed by atoms with Gasteiger partial charge in [0.25, 0.3) is 0 Å². The van der Waals surface area contributed by atoms with Crippen LogP contribution in [-0.2, 0) is 0 Å². The molecule has 1 aromatic carbocycles. The minimum absolute atomic E-state index is 0.182. The van der Waals surface area contributed by atoms with Gasteiger partial charge in [-0.1, -0.05) is 40.0 Å². The first-order chi connectivity index (χ1) is 9.89. The molecular formula is C17H29FN2O. The van der Waals surface area contributed by atoms with Crippen LogP contribution in [0.4, 0.5) is 15.8 Å². The van der Waals surface area contributed by atoms with Crippen molar-refractivity contribution in [3.05, 3.63) is 17.9 Å². The molecule has 1 aromatic rings. The Morgan fingerprint density at radius 2 is 1.95 bits per heavy atom. The van der Waals surface area contributed by atoms with Gasteiger partial charge in [0, 0.05) is 18.7 Å². The van der Waals surface area contributed by atoms with Crippen molar-refractivity contribution in [2.75, 3.05) is 24.2 Å². The summed E-state index contributed by atoms with van der Waals surface area (Å²) in [6, 6.07) is 2.97. The molecule has 0 bridgehead atoms. The number of ether oxygens (including phenoxy) is 1. The molecule has 3 nitrogen and oxygen atoms in total. The van der Waals surface area contributed by atoms with E-state index in [2.05, 4.69) is 26.1 Å². The van der Waals surface area contributed by atoms with Crippen LogP contribution >= 0.6 is 0 Å². The smallest absolute Gasteiger partial charge is 0.167 e. The fraction of sp³-hybridized carbons (Fsp3) is 0.647. The van der Waals surface area contributed by atoms with Crippen molar-refractivity contribution in [1.82, 2.24) is 0 Å². The Bertz CT molecular complexity index is 447. The molecule has 0 unspecified atom stereocenters. The summed E-state index contributed by atoms with van der Waals surface area (Å²) in [5.74, 6) is -0.167. The first-order valence-corrected chi connectivity index (χ1v) is 7.85. The van der Waals surface area contributed by atoms with E-state index in [1.807, 2.05) is 6.92 Å². The highest BCUT2D eigenvalue weighted by Gasteiger charge is 2.18. The van der Waals surface area contributed by atoms with Crippen molar-refractivity contribution < 1.29 is 9.13 Å². The number of nitrogen functional groups attached to an aromatic ring is 1. The number of unbranched alkanes of at least 4 members (excludes halogenated alkanes) is 2. The van der Waals surface area contributed by atoms with Crippen LogP contribution in [0.5, 0.6) is 5.75 Å². The van der Waals surface area contributed by atoms with Crippen molar-refractivity contribution in [2.45, 2.75) is 53.4 Å². The molecule has 0 spiro atoms. The Balaban J connectivity index is 2.67. The van der Waals surface area contributed by atoms with Gasteiger partial charge >= 0.3 is 0 Å². The third kappa shape index (κ3) is 5.82. The second kappa shape index (κ2) is 8.11. The molecule has 4 heteroatoms. The number of nitrogens with two attached hydrogens (primary N) is 1. The van der Waals surface area contributed by atoms with E-state index in [4.69, 9.17) is 10.5 Å². The predicted octanol–water partition coefficient (Wildman–Crippen LogP) is 4.83. The number of hydrogen-bond acceptors (Lipinski definition) is 3. The van der Waals surface area contributed by atoms with E-state index in [0.29, 0.717) is 12.3 Å². The second-order valence-corrected chi connectivity index (χ2v) is 6.28. The summed E-state index contributed by atoms with van der Waals surface area (Å²) in [4.78, 5) is 0. The fourth-order valence-electron chi connectivity index (χ4n) is 2.26. The maximum absolute atomic E-state index is 13.7. The van der Waals surface area contributed by atoms with Crippen molar-refractivity contribution in [2.24, 2.45) is 5.41 Å².